The summed E-state index contributed by atoms with van der Waals surface area (Å²) in [5, 5.41) is 0. The van der Waals surface area contributed by atoms with Crippen LogP contribution in [-0.2, 0) is 25.6 Å². The fraction of sp³-hybridized carbons (Fsp3) is 0.706. The van der Waals surface area contributed by atoms with Crippen molar-refractivity contribution >= 4 is 17.7 Å². The van der Waals surface area contributed by atoms with Gasteiger partial charge >= 0.3 is 11.9 Å². The second-order valence-electron chi connectivity index (χ2n) is 11.1. The van der Waals surface area contributed by atoms with Crippen molar-refractivity contribution in [2.45, 2.75) is 137 Å². The van der Waals surface area contributed by atoms with Crippen molar-refractivity contribution in [2.24, 2.45) is 10.9 Å². The van der Waals surface area contributed by atoms with Gasteiger partial charge in [-0.1, -0.05) is 90.0 Å². The zero-order valence-electron chi connectivity index (χ0n) is 26.0. The number of nitrogens with zero attached hydrogens (tertiary/aromatic N) is 2. The topological polar surface area (TPSA) is 68.8 Å². The van der Waals surface area contributed by atoms with E-state index in [1.54, 1.807) is 13.8 Å². The number of aliphatic imine (C=N–C) groups is 1. The van der Waals surface area contributed by atoms with Crippen LogP contribution in [0.1, 0.15) is 136 Å². The molecule has 40 heavy (non-hydrogen) atoms. The van der Waals surface area contributed by atoms with Gasteiger partial charge < -0.3 is 9.47 Å². The number of aryl methyl sites for hydroxylation is 1. The largest absolute Gasteiger partial charge is 0.465 e. The first-order valence-corrected chi connectivity index (χ1v) is 16.0. The van der Waals surface area contributed by atoms with Crippen LogP contribution >= 0.6 is 0 Å². The van der Waals surface area contributed by atoms with Gasteiger partial charge in [0.1, 0.15) is 12.5 Å². The average molecular weight is 556 g/mol. The molecule has 0 radical (unpaired) electrons. The third-order valence-corrected chi connectivity index (χ3v) is 7.91. The molecule has 2 rings (SSSR count). The maximum Gasteiger partial charge on any atom is 0.336 e. The molecule has 1 aromatic rings. The summed E-state index contributed by atoms with van der Waals surface area (Å²) >= 11 is 0. The molecule has 6 heteroatoms. The van der Waals surface area contributed by atoms with E-state index in [0.717, 1.165) is 18.7 Å². The number of hydrogen-bond donors (Lipinski definition) is 0. The number of carbonyl (C=O) groups excluding carboxylic acids is 2. The van der Waals surface area contributed by atoms with E-state index < -0.39 is 17.8 Å². The Balaban J connectivity index is 1.95. The van der Waals surface area contributed by atoms with Gasteiger partial charge in [0, 0.05) is 30.0 Å². The molecule has 1 aliphatic rings. The van der Waals surface area contributed by atoms with Crippen molar-refractivity contribution in [3.8, 4) is 0 Å². The molecule has 0 N–H and O–H groups in total. The number of unbranched alkanes of at least 4 members (excludes halogenated alkanes) is 13. The normalized spacial score (nSPS) is 17.1. The van der Waals surface area contributed by atoms with E-state index in [-0.39, 0.29) is 19.2 Å². The monoisotopic (exact) mass is 555 g/mol. The van der Waals surface area contributed by atoms with Crippen LogP contribution in [0.4, 0.5) is 0 Å². The summed E-state index contributed by atoms with van der Waals surface area (Å²) in [5.41, 5.74) is 2.65. The first kappa shape index (κ1) is 33.7. The first-order valence-electron chi connectivity index (χ1n) is 16.0. The fourth-order valence-electron chi connectivity index (χ4n) is 5.82. The first-order chi connectivity index (χ1) is 19.5. The summed E-state index contributed by atoms with van der Waals surface area (Å²) in [6.07, 6.45) is 20.6. The summed E-state index contributed by atoms with van der Waals surface area (Å²) in [6, 6.07) is 6.00. The predicted octanol–water partition coefficient (Wildman–Crippen LogP) is 8.03. The molecular formula is C34H55N2O4+. The lowest BCUT2D eigenvalue weighted by Crippen LogP contribution is -2.45. The second kappa shape index (κ2) is 19.6. The molecule has 0 aliphatic carbocycles. The van der Waals surface area contributed by atoms with Crippen molar-refractivity contribution in [2.75, 3.05) is 13.2 Å². The molecule has 6 nitrogen and oxygen atoms in total. The van der Waals surface area contributed by atoms with Gasteiger partial charge in [0.05, 0.1) is 24.7 Å². The van der Waals surface area contributed by atoms with Gasteiger partial charge in [0.2, 0.25) is 0 Å². The summed E-state index contributed by atoms with van der Waals surface area (Å²) in [6.45, 7) is 10.9. The Bertz CT molecular complexity index is 968. The Labute approximate surface area is 243 Å². The number of aromatic nitrogens is 1. The number of pyridine rings is 1. The minimum absolute atomic E-state index is 0.267. The summed E-state index contributed by atoms with van der Waals surface area (Å²) in [7, 11) is 0. The second-order valence-corrected chi connectivity index (χ2v) is 11.1. The average Bonchev–Trinajstić information content (AvgIpc) is 2.93. The Hall–Kier alpha value is -2.50. The third-order valence-electron chi connectivity index (χ3n) is 7.91. The van der Waals surface area contributed by atoms with Crippen LogP contribution in [0.25, 0.3) is 0 Å². The van der Waals surface area contributed by atoms with Crippen molar-refractivity contribution < 1.29 is 23.6 Å². The Morgan fingerprint density at radius 3 is 1.88 bits per heavy atom. The molecular weight excluding hydrogens is 500 g/mol. The number of carbonyl (C=O) groups is 2. The van der Waals surface area contributed by atoms with Crippen LogP contribution in [0, 0.1) is 5.92 Å². The van der Waals surface area contributed by atoms with Crippen molar-refractivity contribution in [1.82, 2.24) is 0 Å². The lowest BCUT2D eigenvalue weighted by molar-refractivity contribution is -0.705. The molecule has 0 aromatic carbocycles. The molecule has 0 saturated carbocycles. The van der Waals surface area contributed by atoms with E-state index >= 15 is 0 Å². The molecule has 0 amide bonds. The number of esters is 2. The van der Waals surface area contributed by atoms with E-state index in [0.29, 0.717) is 17.0 Å². The Kier molecular flexibility index (Phi) is 16.5. The van der Waals surface area contributed by atoms with Gasteiger partial charge in [0.25, 0.3) is 0 Å². The fourth-order valence-corrected chi connectivity index (χ4v) is 5.82. The van der Waals surface area contributed by atoms with Crippen LogP contribution in [0.2, 0.25) is 0 Å². The molecule has 2 heterocycles. The van der Waals surface area contributed by atoms with Gasteiger partial charge in [-0.05, 0) is 34.1 Å². The summed E-state index contributed by atoms with van der Waals surface area (Å²) in [4.78, 5) is 30.9. The van der Waals surface area contributed by atoms with E-state index in [1.807, 2.05) is 32.0 Å². The van der Waals surface area contributed by atoms with E-state index in [4.69, 9.17) is 9.47 Å². The van der Waals surface area contributed by atoms with Crippen molar-refractivity contribution in [1.29, 1.82) is 0 Å². The molecule has 0 fully saturated rings. The summed E-state index contributed by atoms with van der Waals surface area (Å²) in [5.74, 6) is -1.92. The SMILES string of the molecule is CCCCCCCCCCCCCCCC[n+]1ccccc1C1C(C(=O)OCC)=C(C)N=C(C)C1C(=O)OCC. The van der Waals surface area contributed by atoms with Crippen LogP contribution in [0.3, 0.4) is 0 Å². The third kappa shape index (κ3) is 10.8. The standard InChI is InChI=1S/C34H55N2O4/c1-6-9-10-11-12-13-14-15-16-17-18-19-20-22-25-36-26-23-21-24-29(36)32-30(33(37)39-7-2)27(4)35-28(5)31(32)34(38)40-8-3/h21,23-24,26,30,32H,6-20,22,25H2,1-5H3/q+1. The molecule has 224 valence electrons. The van der Waals surface area contributed by atoms with Crippen molar-refractivity contribution in [3.05, 3.63) is 41.4 Å². The van der Waals surface area contributed by atoms with Crippen molar-refractivity contribution in [3.63, 3.8) is 0 Å². The van der Waals surface area contributed by atoms with Crippen LogP contribution in [-0.4, -0.2) is 30.9 Å². The smallest absolute Gasteiger partial charge is 0.336 e. The number of allylic oxidation sites excluding steroid dienone is 1. The van der Waals surface area contributed by atoms with Gasteiger partial charge in [-0.2, -0.15) is 0 Å². The van der Waals surface area contributed by atoms with Crippen LogP contribution < -0.4 is 4.57 Å². The molecule has 1 aliphatic heterocycles. The number of ether oxygens (including phenoxy) is 2. The van der Waals surface area contributed by atoms with Crippen LogP contribution in [0.15, 0.2) is 40.7 Å². The zero-order chi connectivity index (χ0) is 29.2. The quantitative estimate of drug-likeness (QED) is 0.0928. The van der Waals surface area contributed by atoms with E-state index in [9.17, 15) is 9.59 Å². The van der Waals surface area contributed by atoms with Gasteiger partial charge in [-0.15, -0.1) is 0 Å². The molecule has 0 bridgehead atoms. The highest BCUT2D eigenvalue weighted by Gasteiger charge is 2.46. The zero-order valence-corrected chi connectivity index (χ0v) is 26.0. The maximum atomic E-state index is 13.1. The molecule has 2 atom stereocenters. The highest BCUT2D eigenvalue weighted by molar-refractivity contribution is 6.06. The number of rotatable bonds is 20. The molecule has 0 saturated heterocycles. The van der Waals surface area contributed by atoms with Gasteiger partial charge in [-0.3, -0.25) is 9.79 Å². The molecule has 1 aromatic heterocycles. The maximum absolute atomic E-state index is 13.1. The van der Waals surface area contributed by atoms with Gasteiger partial charge in [-0.25, -0.2) is 9.36 Å². The lowest BCUT2D eigenvalue weighted by Gasteiger charge is -2.29. The molecule has 0 spiro atoms. The van der Waals surface area contributed by atoms with Gasteiger partial charge in [0.15, 0.2) is 11.9 Å². The van der Waals surface area contributed by atoms with Crippen LogP contribution in [0.5, 0.6) is 0 Å². The molecule has 2 unspecified atom stereocenters. The Morgan fingerprint density at radius 1 is 0.775 bits per heavy atom. The summed E-state index contributed by atoms with van der Waals surface area (Å²) < 4.78 is 13.1. The minimum Gasteiger partial charge on any atom is -0.465 e. The Morgan fingerprint density at radius 2 is 1.32 bits per heavy atom. The van der Waals surface area contributed by atoms with E-state index in [1.165, 1.54) is 83.5 Å². The van der Waals surface area contributed by atoms with E-state index in [2.05, 4.69) is 22.7 Å². The highest BCUT2D eigenvalue weighted by Crippen LogP contribution is 2.39. The minimum atomic E-state index is -0.659. The lowest BCUT2D eigenvalue weighted by atomic mass is 9.77. The highest BCUT2D eigenvalue weighted by atomic mass is 16.5. The number of hydrogen-bond acceptors (Lipinski definition) is 5. The predicted molar refractivity (Wildman–Crippen MR) is 162 cm³/mol.